The summed E-state index contributed by atoms with van der Waals surface area (Å²) in [4.78, 5) is 22.8. The third-order valence-electron chi connectivity index (χ3n) is 3.04. The Labute approximate surface area is 143 Å². The molecule has 0 atom stereocenters. The number of halogens is 1. The zero-order chi connectivity index (χ0) is 18.2. The van der Waals surface area contributed by atoms with E-state index in [2.05, 4.69) is 5.32 Å². The second-order valence-corrected chi connectivity index (χ2v) is 4.95. The minimum Gasteiger partial charge on any atom is -0.484 e. The Morgan fingerprint density at radius 2 is 1.80 bits per heavy atom. The largest absolute Gasteiger partial charge is 0.484 e. The standard InChI is InChI=1S/C18H14FN3O3/c19-14-3-5-15(6-4-14)22-18(24)13(10-20)9-12-1-7-16(8-2-12)25-11-17(21)23/h1-9H,11H2,(H2,21,23)(H,22,24)/b13-9-. The van der Waals surface area contributed by atoms with Gasteiger partial charge >= 0.3 is 0 Å². The maximum Gasteiger partial charge on any atom is 0.266 e. The van der Waals surface area contributed by atoms with Crippen molar-refractivity contribution in [2.75, 3.05) is 11.9 Å². The van der Waals surface area contributed by atoms with Gasteiger partial charge < -0.3 is 15.8 Å². The van der Waals surface area contributed by atoms with Crippen LogP contribution in [0.25, 0.3) is 6.08 Å². The lowest BCUT2D eigenvalue weighted by Gasteiger charge is -2.05. The second-order valence-electron chi connectivity index (χ2n) is 4.95. The Balaban J connectivity index is 2.08. The van der Waals surface area contributed by atoms with Crippen molar-refractivity contribution < 1.29 is 18.7 Å². The normalized spacial score (nSPS) is 10.6. The van der Waals surface area contributed by atoms with Gasteiger partial charge in [0.25, 0.3) is 11.8 Å². The van der Waals surface area contributed by atoms with E-state index in [0.29, 0.717) is 17.0 Å². The third-order valence-corrected chi connectivity index (χ3v) is 3.04. The molecule has 7 heteroatoms. The number of hydrogen-bond acceptors (Lipinski definition) is 4. The molecule has 0 bridgehead atoms. The van der Waals surface area contributed by atoms with Crippen molar-refractivity contribution in [1.82, 2.24) is 0 Å². The van der Waals surface area contributed by atoms with Crippen LogP contribution in [0.3, 0.4) is 0 Å². The summed E-state index contributed by atoms with van der Waals surface area (Å²) in [5, 5.41) is 11.7. The first-order valence-electron chi connectivity index (χ1n) is 7.18. The molecule has 2 amide bonds. The number of hydrogen-bond donors (Lipinski definition) is 2. The number of anilines is 1. The van der Waals surface area contributed by atoms with Gasteiger partial charge in [-0.2, -0.15) is 5.26 Å². The van der Waals surface area contributed by atoms with Crippen LogP contribution in [0.4, 0.5) is 10.1 Å². The van der Waals surface area contributed by atoms with E-state index < -0.39 is 17.6 Å². The van der Waals surface area contributed by atoms with Gasteiger partial charge in [0.15, 0.2) is 6.61 Å². The van der Waals surface area contributed by atoms with E-state index in [-0.39, 0.29) is 12.2 Å². The van der Waals surface area contributed by atoms with E-state index in [1.165, 1.54) is 30.3 Å². The average molecular weight is 339 g/mol. The van der Waals surface area contributed by atoms with Crippen LogP contribution in [-0.2, 0) is 9.59 Å². The summed E-state index contributed by atoms with van der Waals surface area (Å²) >= 11 is 0. The summed E-state index contributed by atoms with van der Waals surface area (Å²) in [7, 11) is 0. The van der Waals surface area contributed by atoms with Gasteiger partial charge in [-0.3, -0.25) is 9.59 Å². The van der Waals surface area contributed by atoms with Gasteiger partial charge in [-0.1, -0.05) is 12.1 Å². The van der Waals surface area contributed by atoms with E-state index in [0.717, 1.165) is 0 Å². The van der Waals surface area contributed by atoms with E-state index in [4.69, 9.17) is 15.7 Å². The van der Waals surface area contributed by atoms with E-state index in [1.807, 2.05) is 6.07 Å². The van der Waals surface area contributed by atoms with Crippen molar-refractivity contribution in [3.8, 4) is 11.8 Å². The number of nitrogens with two attached hydrogens (primary N) is 1. The molecule has 25 heavy (non-hydrogen) atoms. The summed E-state index contributed by atoms with van der Waals surface area (Å²) in [5.74, 6) is -1.19. The molecule has 2 aromatic rings. The topological polar surface area (TPSA) is 105 Å². The molecular formula is C18H14FN3O3. The Morgan fingerprint density at radius 3 is 2.36 bits per heavy atom. The molecule has 0 heterocycles. The Morgan fingerprint density at radius 1 is 1.16 bits per heavy atom. The molecule has 0 radical (unpaired) electrons. The molecule has 0 fully saturated rings. The first kappa shape index (κ1) is 17.7. The van der Waals surface area contributed by atoms with Crippen molar-refractivity contribution in [3.05, 3.63) is 65.5 Å². The lowest BCUT2D eigenvalue weighted by molar-refractivity contribution is -0.120. The maximum absolute atomic E-state index is 12.9. The van der Waals surface area contributed by atoms with Gasteiger partial charge in [0, 0.05) is 5.69 Å². The van der Waals surface area contributed by atoms with Gasteiger partial charge in [-0.15, -0.1) is 0 Å². The lowest BCUT2D eigenvalue weighted by atomic mass is 10.1. The van der Waals surface area contributed by atoms with Crippen molar-refractivity contribution in [3.63, 3.8) is 0 Å². The Hall–Kier alpha value is -3.66. The highest BCUT2D eigenvalue weighted by Crippen LogP contribution is 2.16. The first-order valence-corrected chi connectivity index (χ1v) is 7.18. The number of carbonyl (C=O) groups is 2. The van der Waals surface area contributed by atoms with Gasteiger partial charge in [0.2, 0.25) is 0 Å². The summed E-state index contributed by atoms with van der Waals surface area (Å²) in [6.07, 6.45) is 1.40. The molecule has 0 aliphatic heterocycles. The SMILES string of the molecule is N#C/C(=C/c1ccc(OCC(N)=O)cc1)C(=O)Nc1ccc(F)cc1. The number of nitrogens with zero attached hydrogens (tertiary/aromatic N) is 1. The predicted octanol–water partition coefficient (Wildman–Crippen LogP) is 2.24. The van der Waals surface area contributed by atoms with E-state index in [1.54, 1.807) is 24.3 Å². The number of ether oxygens (including phenoxy) is 1. The molecule has 126 valence electrons. The average Bonchev–Trinajstić information content (AvgIpc) is 2.60. The van der Waals surface area contributed by atoms with Gasteiger partial charge in [0.1, 0.15) is 23.2 Å². The van der Waals surface area contributed by atoms with Crippen molar-refractivity contribution in [2.24, 2.45) is 5.73 Å². The molecule has 6 nitrogen and oxygen atoms in total. The van der Waals surface area contributed by atoms with Crippen LogP contribution in [0.2, 0.25) is 0 Å². The van der Waals surface area contributed by atoms with Crippen molar-refractivity contribution in [2.45, 2.75) is 0 Å². The number of carbonyl (C=O) groups excluding carboxylic acids is 2. The summed E-state index contributed by atoms with van der Waals surface area (Å²) in [5.41, 5.74) is 5.84. The van der Waals surface area contributed by atoms with Crippen LogP contribution in [0.15, 0.2) is 54.1 Å². The smallest absolute Gasteiger partial charge is 0.266 e. The molecular weight excluding hydrogens is 325 g/mol. The molecule has 0 spiro atoms. The number of amides is 2. The number of rotatable bonds is 6. The Kier molecular flexibility index (Phi) is 5.85. The summed E-state index contributed by atoms with van der Waals surface area (Å²) < 4.78 is 18.0. The zero-order valence-electron chi connectivity index (χ0n) is 13.0. The lowest BCUT2D eigenvalue weighted by Crippen LogP contribution is -2.19. The molecule has 3 N–H and O–H groups in total. The highest BCUT2D eigenvalue weighted by atomic mass is 19.1. The van der Waals surface area contributed by atoms with Crippen LogP contribution in [0, 0.1) is 17.1 Å². The third kappa shape index (κ3) is 5.48. The van der Waals surface area contributed by atoms with E-state index >= 15 is 0 Å². The highest BCUT2D eigenvalue weighted by Gasteiger charge is 2.09. The molecule has 0 aliphatic carbocycles. The van der Waals surface area contributed by atoms with Crippen molar-refractivity contribution in [1.29, 1.82) is 5.26 Å². The second kappa shape index (κ2) is 8.26. The molecule has 2 aromatic carbocycles. The zero-order valence-corrected chi connectivity index (χ0v) is 13.0. The molecule has 0 aliphatic rings. The van der Waals surface area contributed by atoms with Crippen LogP contribution >= 0.6 is 0 Å². The quantitative estimate of drug-likeness (QED) is 0.622. The van der Waals surface area contributed by atoms with Crippen LogP contribution < -0.4 is 15.8 Å². The van der Waals surface area contributed by atoms with Crippen LogP contribution in [0.5, 0.6) is 5.75 Å². The van der Waals surface area contributed by atoms with Gasteiger partial charge in [0.05, 0.1) is 0 Å². The number of nitriles is 1. The summed E-state index contributed by atoms with van der Waals surface area (Å²) in [6, 6.07) is 13.4. The molecule has 0 unspecified atom stereocenters. The number of nitrogens with one attached hydrogen (secondary N) is 1. The number of primary amides is 1. The van der Waals surface area contributed by atoms with E-state index in [9.17, 15) is 14.0 Å². The van der Waals surface area contributed by atoms with Crippen LogP contribution in [-0.4, -0.2) is 18.4 Å². The molecule has 0 saturated carbocycles. The maximum atomic E-state index is 12.9. The predicted molar refractivity (Wildman–Crippen MR) is 89.8 cm³/mol. The monoisotopic (exact) mass is 339 g/mol. The fourth-order valence-corrected chi connectivity index (χ4v) is 1.86. The summed E-state index contributed by atoms with van der Waals surface area (Å²) in [6.45, 7) is -0.237. The fourth-order valence-electron chi connectivity index (χ4n) is 1.86. The number of benzene rings is 2. The minimum atomic E-state index is -0.608. The van der Waals surface area contributed by atoms with Crippen LogP contribution in [0.1, 0.15) is 5.56 Å². The Bertz CT molecular complexity index is 837. The fraction of sp³-hybridized carbons (Fsp3) is 0.0556. The molecule has 0 saturated heterocycles. The molecule has 0 aromatic heterocycles. The van der Waals surface area contributed by atoms with Crippen molar-refractivity contribution >= 4 is 23.6 Å². The first-order chi connectivity index (χ1) is 12.0. The van der Waals surface area contributed by atoms with Gasteiger partial charge in [-0.25, -0.2) is 4.39 Å². The molecule has 2 rings (SSSR count). The minimum absolute atomic E-state index is 0.116. The highest BCUT2D eigenvalue weighted by molar-refractivity contribution is 6.09. The van der Waals surface area contributed by atoms with Gasteiger partial charge in [-0.05, 0) is 48.0 Å².